The zero-order valence-electron chi connectivity index (χ0n) is 17.2. The fourth-order valence-corrected chi connectivity index (χ4v) is 4.19. The van der Waals surface area contributed by atoms with E-state index >= 15 is 0 Å². The molecule has 0 saturated heterocycles. The van der Waals surface area contributed by atoms with E-state index in [4.69, 9.17) is 27.9 Å². The Hall–Kier alpha value is -2.73. The molecule has 1 atom stereocenters. The third-order valence-electron chi connectivity index (χ3n) is 4.80. The molecule has 0 bridgehead atoms. The van der Waals surface area contributed by atoms with Gasteiger partial charge in [0.05, 0.1) is 10.7 Å². The molecule has 1 heterocycles. The van der Waals surface area contributed by atoms with Crippen LogP contribution in [0.4, 0.5) is 4.39 Å². The lowest BCUT2D eigenvalue weighted by molar-refractivity contribution is 0.281. The minimum absolute atomic E-state index is 0.161. The third kappa shape index (κ3) is 5.18. The normalized spacial score (nSPS) is 11.9. The molecular formula is C25H19Cl2FN2OS. The number of halogens is 3. The van der Waals surface area contributed by atoms with Gasteiger partial charge in [0.25, 0.3) is 0 Å². The molecule has 32 heavy (non-hydrogen) atoms. The van der Waals surface area contributed by atoms with E-state index < -0.39 is 0 Å². The standard InChI is InChI=1S/C25H19Cl2FN2OS/c1-32(2)20-11-12-21(23(27)13-20)24-22(17-5-7-18(26)8-6-17)14-29-25(30-24)31-15-16-3-9-19(28)10-4-16/h3-14H,1,15H2,2H3. The van der Waals surface area contributed by atoms with Gasteiger partial charge >= 0.3 is 6.01 Å². The van der Waals surface area contributed by atoms with E-state index in [1.807, 2.05) is 48.7 Å². The van der Waals surface area contributed by atoms with E-state index in [0.717, 1.165) is 27.1 Å². The molecule has 162 valence electrons. The smallest absolute Gasteiger partial charge is 0.317 e. The highest BCUT2D eigenvalue weighted by Gasteiger charge is 2.16. The molecule has 0 aliphatic carbocycles. The Morgan fingerprint density at radius 1 is 0.969 bits per heavy atom. The maximum absolute atomic E-state index is 13.1. The van der Waals surface area contributed by atoms with Crippen molar-refractivity contribution in [1.82, 2.24) is 9.97 Å². The summed E-state index contributed by atoms with van der Waals surface area (Å²) in [6, 6.07) is 19.6. The number of benzene rings is 3. The van der Waals surface area contributed by atoms with Crippen molar-refractivity contribution < 1.29 is 9.13 Å². The molecule has 0 aliphatic rings. The molecule has 0 aliphatic heterocycles. The van der Waals surface area contributed by atoms with E-state index in [1.54, 1.807) is 18.3 Å². The van der Waals surface area contributed by atoms with Gasteiger partial charge in [-0.05, 0) is 53.8 Å². The third-order valence-corrected chi connectivity index (χ3v) is 6.42. The van der Waals surface area contributed by atoms with Crippen molar-refractivity contribution in [2.24, 2.45) is 0 Å². The zero-order chi connectivity index (χ0) is 22.7. The van der Waals surface area contributed by atoms with Gasteiger partial charge in [-0.2, -0.15) is 15.5 Å². The molecule has 0 N–H and O–H groups in total. The second kappa shape index (κ2) is 9.82. The predicted molar refractivity (Wildman–Crippen MR) is 133 cm³/mol. The molecule has 1 unspecified atom stereocenters. The van der Waals surface area contributed by atoms with Gasteiger partial charge in [-0.1, -0.05) is 59.4 Å². The topological polar surface area (TPSA) is 35.0 Å². The first kappa shape index (κ1) is 22.5. The Morgan fingerprint density at radius 3 is 2.34 bits per heavy atom. The summed E-state index contributed by atoms with van der Waals surface area (Å²) in [5, 5.41) is 1.21. The lowest BCUT2D eigenvalue weighted by atomic mass is 10.0. The van der Waals surface area contributed by atoms with Crippen LogP contribution in [0, 0.1) is 5.82 Å². The van der Waals surface area contributed by atoms with Crippen molar-refractivity contribution >= 4 is 39.6 Å². The Kier molecular flexibility index (Phi) is 6.89. The van der Waals surface area contributed by atoms with Gasteiger partial charge in [-0.15, -0.1) is 0 Å². The summed E-state index contributed by atoms with van der Waals surface area (Å²) < 4.78 is 18.9. The van der Waals surface area contributed by atoms with Crippen molar-refractivity contribution in [2.75, 3.05) is 6.26 Å². The number of ether oxygens (including phenoxy) is 1. The lowest BCUT2D eigenvalue weighted by Crippen LogP contribution is -2.02. The monoisotopic (exact) mass is 484 g/mol. The lowest BCUT2D eigenvalue weighted by Gasteiger charge is -2.14. The number of nitrogens with zero attached hydrogens (tertiary/aromatic N) is 2. The molecule has 0 saturated carbocycles. The average molecular weight is 485 g/mol. The van der Waals surface area contributed by atoms with E-state index in [-0.39, 0.29) is 28.9 Å². The van der Waals surface area contributed by atoms with Crippen LogP contribution >= 0.6 is 33.7 Å². The molecule has 4 rings (SSSR count). The highest BCUT2D eigenvalue weighted by Crippen LogP contribution is 2.37. The Bertz CT molecular complexity index is 1280. The molecule has 4 aromatic rings. The van der Waals surface area contributed by atoms with Gasteiger partial charge in [0.2, 0.25) is 0 Å². The van der Waals surface area contributed by atoms with Crippen LogP contribution < -0.4 is 4.74 Å². The summed E-state index contributed by atoms with van der Waals surface area (Å²) in [4.78, 5) is 10.1. The fourth-order valence-electron chi connectivity index (χ4n) is 3.11. The molecule has 1 aromatic heterocycles. The predicted octanol–water partition coefficient (Wildman–Crippen LogP) is 7.53. The van der Waals surface area contributed by atoms with E-state index in [9.17, 15) is 4.39 Å². The average Bonchev–Trinajstić information content (AvgIpc) is 2.79. The first-order chi connectivity index (χ1) is 15.4. The van der Waals surface area contributed by atoms with Crippen molar-refractivity contribution in [3.05, 3.63) is 94.4 Å². The Balaban J connectivity index is 1.75. The van der Waals surface area contributed by atoms with Crippen LogP contribution in [0.2, 0.25) is 10.0 Å². The van der Waals surface area contributed by atoms with Crippen LogP contribution in [0.3, 0.4) is 0 Å². The molecule has 0 amide bonds. The fraction of sp³-hybridized carbons (Fsp3) is 0.0800. The van der Waals surface area contributed by atoms with Gasteiger partial charge in [-0.3, -0.25) is 0 Å². The second-order valence-electron chi connectivity index (χ2n) is 7.12. The van der Waals surface area contributed by atoms with Crippen LogP contribution in [0.25, 0.3) is 22.4 Å². The maximum Gasteiger partial charge on any atom is 0.317 e. The van der Waals surface area contributed by atoms with Crippen LogP contribution in [-0.2, 0) is 6.61 Å². The molecule has 3 nitrogen and oxygen atoms in total. The van der Waals surface area contributed by atoms with Crippen molar-refractivity contribution in [2.45, 2.75) is 11.5 Å². The van der Waals surface area contributed by atoms with E-state index in [0.29, 0.717) is 15.7 Å². The highest BCUT2D eigenvalue weighted by molar-refractivity contribution is 8.13. The largest absolute Gasteiger partial charge is 0.459 e. The van der Waals surface area contributed by atoms with Crippen LogP contribution in [0.15, 0.2) is 77.8 Å². The van der Waals surface area contributed by atoms with Gasteiger partial charge in [0.1, 0.15) is 12.4 Å². The molecular weight excluding hydrogens is 466 g/mol. The summed E-state index contributed by atoms with van der Waals surface area (Å²) in [5.74, 6) is 3.79. The Labute approximate surface area is 198 Å². The molecule has 0 radical (unpaired) electrons. The minimum atomic E-state index is -0.296. The summed E-state index contributed by atoms with van der Waals surface area (Å²) in [5.41, 5.74) is 3.93. The molecule has 7 heteroatoms. The van der Waals surface area contributed by atoms with E-state index in [1.165, 1.54) is 12.1 Å². The van der Waals surface area contributed by atoms with Crippen molar-refractivity contribution in [3.8, 4) is 28.4 Å². The zero-order valence-corrected chi connectivity index (χ0v) is 19.5. The summed E-state index contributed by atoms with van der Waals surface area (Å²) in [7, 11) is -0.161. The molecule has 3 aromatic carbocycles. The quantitative estimate of drug-likeness (QED) is 0.265. The maximum atomic E-state index is 13.1. The summed E-state index contributed by atoms with van der Waals surface area (Å²) >= 11 is 12.7. The van der Waals surface area contributed by atoms with Crippen LogP contribution in [0.1, 0.15) is 5.56 Å². The summed E-state index contributed by atoms with van der Waals surface area (Å²) in [6.45, 7) is 0.215. The highest BCUT2D eigenvalue weighted by atomic mass is 35.5. The number of aromatic nitrogens is 2. The van der Waals surface area contributed by atoms with Crippen molar-refractivity contribution in [1.29, 1.82) is 0 Å². The van der Waals surface area contributed by atoms with Gasteiger partial charge in [-0.25, -0.2) is 9.37 Å². The van der Waals surface area contributed by atoms with E-state index in [2.05, 4.69) is 15.8 Å². The van der Waals surface area contributed by atoms with Gasteiger partial charge < -0.3 is 4.74 Å². The van der Waals surface area contributed by atoms with Crippen molar-refractivity contribution in [3.63, 3.8) is 0 Å². The van der Waals surface area contributed by atoms with Crippen LogP contribution in [-0.4, -0.2) is 22.1 Å². The molecule has 0 spiro atoms. The number of hydrogen-bond acceptors (Lipinski definition) is 3. The second-order valence-corrected chi connectivity index (χ2v) is 9.70. The number of hydrogen-bond donors (Lipinski definition) is 0. The van der Waals surface area contributed by atoms with Gasteiger partial charge in [0.15, 0.2) is 0 Å². The van der Waals surface area contributed by atoms with Gasteiger partial charge in [0, 0.05) is 27.2 Å². The summed E-state index contributed by atoms with van der Waals surface area (Å²) in [6.07, 6.45) is 3.75. The first-order valence-electron chi connectivity index (χ1n) is 9.66. The Morgan fingerprint density at radius 2 is 1.69 bits per heavy atom. The molecule has 0 fully saturated rings. The first-order valence-corrected chi connectivity index (χ1v) is 12.2. The number of rotatable bonds is 6. The minimum Gasteiger partial charge on any atom is -0.459 e. The van der Waals surface area contributed by atoms with Crippen LogP contribution in [0.5, 0.6) is 6.01 Å². The SMILES string of the molecule is C=S(C)c1ccc(-c2nc(OCc3ccc(F)cc3)ncc2-c2ccc(Cl)cc2)c(Cl)c1.